The first-order valence-electron chi connectivity index (χ1n) is 6.34. The Morgan fingerprint density at radius 3 is 2.75 bits per heavy atom. The number of benzene rings is 1. The van der Waals surface area contributed by atoms with Gasteiger partial charge in [-0.15, -0.1) is 0 Å². The van der Waals surface area contributed by atoms with Gasteiger partial charge < -0.3 is 13.9 Å². The number of carbonyl (C=O) groups is 1. The van der Waals surface area contributed by atoms with Crippen LogP contribution in [0.25, 0.3) is 0 Å². The Morgan fingerprint density at radius 2 is 2.15 bits per heavy atom. The molecule has 0 unspecified atom stereocenters. The highest BCUT2D eigenvalue weighted by atomic mass is 16.5. The smallest absolute Gasteiger partial charge is 0.232 e. The normalized spacial score (nSPS) is 10.6. The van der Waals surface area contributed by atoms with Crippen molar-refractivity contribution >= 4 is 6.29 Å². The molecule has 5 nitrogen and oxygen atoms in total. The van der Waals surface area contributed by atoms with Crippen LogP contribution in [0.15, 0.2) is 28.8 Å². The summed E-state index contributed by atoms with van der Waals surface area (Å²) in [6.45, 7) is 4.28. The van der Waals surface area contributed by atoms with Gasteiger partial charge in [0.25, 0.3) is 0 Å². The van der Waals surface area contributed by atoms with Gasteiger partial charge in [0, 0.05) is 11.5 Å². The van der Waals surface area contributed by atoms with E-state index < -0.39 is 0 Å². The molecule has 0 bridgehead atoms. The van der Waals surface area contributed by atoms with Crippen LogP contribution < -0.4 is 9.47 Å². The fourth-order valence-corrected chi connectivity index (χ4v) is 1.67. The van der Waals surface area contributed by atoms with Gasteiger partial charge in [-0.05, 0) is 18.2 Å². The van der Waals surface area contributed by atoms with Gasteiger partial charge in [-0.1, -0.05) is 13.8 Å². The van der Waals surface area contributed by atoms with Crippen molar-refractivity contribution in [3.63, 3.8) is 0 Å². The fraction of sp³-hybridized carbons (Fsp3) is 0.333. The van der Waals surface area contributed by atoms with E-state index >= 15 is 0 Å². The number of nitrogens with zero attached hydrogens (tertiary/aromatic N) is 1. The summed E-state index contributed by atoms with van der Waals surface area (Å²) in [6.07, 6.45) is 2.46. The number of aldehydes is 1. The number of aromatic nitrogens is 1. The van der Waals surface area contributed by atoms with Crippen LogP contribution in [0.5, 0.6) is 11.5 Å². The van der Waals surface area contributed by atoms with Crippen molar-refractivity contribution in [1.29, 1.82) is 0 Å². The fourth-order valence-electron chi connectivity index (χ4n) is 1.67. The topological polar surface area (TPSA) is 61.6 Å². The van der Waals surface area contributed by atoms with Crippen LogP contribution in [0.3, 0.4) is 0 Å². The molecule has 0 amide bonds. The lowest BCUT2D eigenvalue weighted by Crippen LogP contribution is -1.98. The zero-order chi connectivity index (χ0) is 14.5. The van der Waals surface area contributed by atoms with Crippen LogP contribution in [0, 0.1) is 0 Å². The Labute approximate surface area is 117 Å². The van der Waals surface area contributed by atoms with Gasteiger partial charge in [0.15, 0.2) is 18.1 Å². The summed E-state index contributed by atoms with van der Waals surface area (Å²) in [7, 11) is 1.53. The van der Waals surface area contributed by atoms with Gasteiger partial charge in [0.1, 0.15) is 12.0 Å². The van der Waals surface area contributed by atoms with E-state index in [1.165, 1.54) is 7.11 Å². The largest absolute Gasteiger partial charge is 0.493 e. The third-order valence-corrected chi connectivity index (χ3v) is 2.82. The predicted octanol–water partition coefficient (Wildman–Crippen LogP) is 3.20. The second-order valence-corrected chi connectivity index (χ2v) is 4.63. The number of carbonyl (C=O) groups excluding carboxylic acids is 1. The second-order valence-electron chi connectivity index (χ2n) is 4.63. The molecular formula is C15H17NO4. The Bertz CT molecular complexity index is 589. The van der Waals surface area contributed by atoms with E-state index in [0.29, 0.717) is 23.0 Å². The SMILES string of the molecule is COc1cc(C=O)ccc1OCc1ncc(C(C)C)o1. The first-order chi connectivity index (χ1) is 9.63. The van der Waals surface area contributed by atoms with Gasteiger partial charge >= 0.3 is 0 Å². The molecule has 1 heterocycles. The second kappa shape index (κ2) is 6.23. The van der Waals surface area contributed by atoms with E-state index in [1.807, 2.05) is 13.8 Å². The molecule has 0 aliphatic carbocycles. The molecule has 20 heavy (non-hydrogen) atoms. The van der Waals surface area contributed by atoms with E-state index in [-0.39, 0.29) is 12.5 Å². The first kappa shape index (κ1) is 14.1. The summed E-state index contributed by atoms with van der Waals surface area (Å²) in [5, 5.41) is 0. The highest BCUT2D eigenvalue weighted by Crippen LogP contribution is 2.28. The zero-order valence-corrected chi connectivity index (χ0v) is 11.8. The molecule has 0 saturated heterocycles. The highest BCUT2D eigenvalue weighted by Gasteiger charge is 2.10. The molecule has 0 atom stereocenters. The first-order valence-corrected chi connectivity index (χ1v) is 6.34. The Hall–Kier alpha value is -2.30. The molecule has 0 saturated carbocycles. The van der Waals surface area contributed by atoms with E-state index in [0.717, 1.165) is 12.0 Å². The van der Waals surface area contributed by atoms with Crippen LogP contribution >= 0.6 is 0 Å². The molecule has 0 radical (unpaired) electrons. The van der Waals surface area contributed by atoms with Crippen LogP contribution in [-0.2, 0) is 6.61 Å². The van der Waals surface area contributed by atoms with Crippen LogP contribution in [0.2, 0.25) is 0 Å². The van der Waals surface area contributed by atoms with Crippen LogP contribution in [-0.4, -0.2) is 18.4 Å². The average molecular weight is 275 g/mol. The summed E-state index contributed by atoms with van der Waals surface area (Å²) < 4.78 is 16.3. The Balaban J connectivity index is 2.07. The molecule has 0 aliphatic rings. The summed E-state index contributed by atoms with van der Waals surface area (Å²) in [5.74, 6) is 2.67. The minimum atomic E-state index is 0.212. The van der Waals surface area contributed by atoms with Gasteiger partial charge in [-0.25, -0.2) is 4.98 Å². The van der Waals surface area contributed by atoms with E-state index in [1.54, 1.807) is 24.4 Å². The number of hydrogen-bond acceptors (Lipinski definition) is 5. The molecular weight excluding hydrogens is 258 g/mol. The van der Waals surface area contributed by atoms with E-state index in [4.69, 9.17) is 13.9 Å². The summed E-state index contributed by atoms with van der Waals surface area (Å²) >= 11 is 0. The maximum atomic E-state index is 10.7. The lowest BCUT2D eigenvalue weighted by Gasteiger charge is -2.09. The van der Waals surface area contributed by atoms with Crippen molar-refractivity contribution < 1.29 is 18.7 Å². The molecule has 1 aromatic carbocycles. The number of methoxy groups -OCH3 is 1. The number of hydrogen-bond donors (Lipinski definition) is 0. The zero-order valence-electron chi connectivity index (χ0n) is 11.8. The molecule has 106 valence electrons. The molecule has 0 spiro atoms. The number of ether oxygens (including phenoxy) is 2. The summed E-state index contributed by atoms with van der Waals surface area (Å²) in [4.78, 5) is 14.9. The highest BCUT2D eigenvalue weighted by molar-refractivity contribution is 5.76. The maximum absolute atomic E-state index is 10.7. The molecule has 5 heteroatoms. The maximum Gasteiger partial charge on any atom is 0.232 e. The predicted molar refractivity (Wildman–Crippen MR) is 73.3 cm³/mol. The van der Waals surface area contributed by atoms with Gasteiger partial charge in [-0.2, -0.15) is 0 Å². The third-order valence-electron chi connectivity index (χ3n) is 2.82. The minimum absolute atomic E-state index is 0.212. The van der Waals surface area contributed by atoms with Crippen molar-refractivity contribution in [2.75, 3.05) is 7.11 Å². The average Bonchev–Trinajstić information content (AvgIpc) is 2.94. The lowest BCUT2D eigenvalue weighted by molar-refractivity contribution is 0.112. The van der Waals surface area contributed by atoms with Gasteiger partial charge in [-0.3, -0.25) is 4.79 Å². The van der Waals surface area contributed by atoms with Gasteiger partial charge in [0.2, 0.25) is 5.89 Å². The minimum Gasteiger partial charge on any atom is -0.493 e. The molecule has 0 fully saturated rings. The third kappa shape index (κ3) is 3.17. The molecule has 2 aromatic rings. The van der Waals surface area contributed by atoms with Crippen molar-refractivity contribution in [3.05, 3.63) is 41.6 Å². The van der Waals surface area contributed by atoms with Crippen molar-refractivity contribution in [3.8, 4) is 11.5 Å². The van der Waals surface area contributed by atoms with Crippen LogP contribution in [0.1, 0.15) is 41.8 Å². The number of oxazole rings is 1. The molecule has 1 aromatic heterocycles. The summed E-state index contributed by atoms with van der Waals surface area (Å²) in [6, 6.07) is 4.98. The van der Waals surface area contributed by atoms with Gasteiger partial charge in [0.05, 0.1) is 13.3 Å². The van der Waals surface area contributed by atoms with Crippen molar-refractivity contribution in [2.24, 2.45) is 0 Å². The standard InChI is InChI=1S/C15H17NO4/c1-10(2)14-7-16-15(20-14)9-19-12-5-4-11(8-17)6-13(12)18-3/h4-8,10H,9H2,1-3H3. The van der Waals surface area contributed by atoms with E-state index in [2.05, 4.69) is 4.98 Å². The quantitative estimate of drug-likeness (QED) is 0.757. The molecule has 2 rings (SSSR count). The molecule has 0 N–H and O–H groups in total. The lowest BCUT2D eigenvalue weighted by atomic mass is 10.2. The summed E-state index contributed by atoms with van der Waals surface area (Å²) in [5.41, 5.74) is 0.535. The Kier molecular flexibility index (Phi) is 4.40. The molecule has 0 aliphatic heterocycles. The van der Waals surface area contributed by atoms with Crippen molar-refractivity contribution in [2.45, 2.75) is 26.4 Å². The van der Waals surface area contributed by atoms with E-state index in [9.17, 15) is 4.79 Å². The Morgan fingerprint density at radius 1 is 1.35 bits per heavy atom. The number of rotatable bonds is 6. The monoisotopic (exact) mass is 275 g/mol. The van der Waals surface area contributed by atoms with Crippen LogP contribution in [0.4, 0.5) is 0 Å². The van der Waals surface area contributed by atoms with Crippen molar-refractivity contribution in [1.82, 2.24) is 4.98 Å².